The van der Waals surface area contributed by atoms with Crippen LogP contribution in [0.4, 0.5) is 0 Å². The summed E-state index contributed by atoms with van der Waals surface area (Å²) in [5.74, 6) is 0. The summed E-state index contributed by atoms with van der Waals surface area (Å²) in [6.45, 7) is 18.6. The largest absolute Gasteiger partial charge is 0.368 e. The van der Waals surface area contributed by atoms with E-state index in [0.717, 1.165) is 32.6 Å². The van der Waals surface area contributed by atoms with Gasteiger partial charge in [-0.1, -0.05) is 13.8 Å². The molecule has 0 saturated carbocycles. The summed E-state index contributed by atoms with van der Waals surface area (Å²) in [5, 5.41) is 0. The maximum atomic E-state index is 6.37. The minimum atomic E-state index is -0.191. The van der Waals surface area contributed by atoms with Crippen LogP contribution in [0.1, 0.15) is 54.4 Å². The number of ether oxygens (including phenoxy) is 1. The first-order chi connectivity index (χ1) is 9.71. The summed E-state index contributed by atoms with van der Waals surface area (Å²) in [6, 6.07) is 0.669. The molecule has 2 fully saturated rings. The lowest BCUT2D eigenvalue weighted by Gasteiger charge is -2.46. The lowest BCUT2D eigenvalue weighted by Crippen LogP contribution is -2.63. The molecular weight excluding hydrogens is 262 g/mol. The second-order valence-electron chi connectivity index (χ2n) is 7.89. The van der Waals surface area contributed by atoms with E-state index in [4.69, 9.17) is 10.5 Å². The molecule has 4 nitrogen and oxygen atoms in total. The number of rotatable bonds is 5. The van der Waals surface area contributed by atoms with Crippen molar-refractivity contribution < 1.29 is 4.74 Å². The number of hydrogen-bond donors (Lipinski definition) is 1. The molecule has 2 rings (SSSR count). The van der Waals surface area contributed by atoms with Gasteiger partial charge in [0.25, 0.3) is 0 Å². The molecule has 0 amide bonds. The van der Waals surface area contributed by atoms with Crippen LogP contribution in [-0.4, -0.2) is 65.3 Å². The van der Waals surface area contributed by atoms with Gasteiger partial charge in [0, 0.05) is 25.7 Å². The second kappa shape index (κ2) is 5.80. The third-order valence-corrected chi connectivity index (χ3v) is 5.81. The normalized spacial score (nSPS) is 35.7. The molecule has 0 spiro atoms. The van der Waals surface area contributed by atoms with Crippen LogP contribution < -0.4 is 5.73 Å². The lowest BCUT2D eigenvalue weighted by molar-refractivity contribution is -0.101. The van der Waals surface area contributed by atoms with Gasteiger partial charge in [-0.05, 0) is 53.6 Å². The Morgan fingerprint density at radius 1 is 1.19 bits per heavy atom. The van der Waals surface area contributed by atoms with Crippen molar-refractivity contribution in [2.45, 2.75) is 77.2 Å². The molecule has 21 heavy (non-hydrogen) atoms. The van der Waals surface area contributed by atoms with E-state index in [1.807, 2.05) is 0 Å². The van der Waals surface area contributed by atoms with Crippen molar-refractivity contribution in [3.63, 3.8) is 0 Å². The summed E-state index contributed by atoms with van der Waals surface area (Å²) < 4.78 is 6.37. The first-order valence-corrected chi connectivity index (χ1v) is 8.60. The maximum Gasteiger partial charge on any atom is 0.0830 e. The van der Waals surface area contributed by atoms with Crippen molar-refractivity contribution in [1.82, 2.24) is 9.80 Å². The third-order valence-electron chi connectivity index (χ3n) is 5.81. The van der Waals surface area contributed by atoms with E-state index >= 15 is 0 Å². The van der Waals surface area contributed by atoms with Crippen LogP contribution in [0.5, 0.6) is 0 Å². The summed E-state index contributed by atoms with van der Waals surface area (Å²) >= 11 is 0. The predicted octanol–water partition coefficient (Wildman–Crippen LogP) is 2.08. The van der Waals surface area contributed by atoms with E-state index < -0.39 is 0 Å². The van der Waals surface area contributed by atoms with Gasteiger partial charge in [-0.2, -0.15) is 0 Å². The molecule has 0 bridgehead atoms. The van der Waals surface area contributed by atoms with Gasteiger partial charge in [0.1, 0.15) is 0 Å². The van der Waals surface area contributed by atoms with E-state index in [2.05, 4.69) is 51.3 Å². The Bertz CT molecular complexity index is 365. The van der Waals surface area contributed by atoms with Gasteiger partial charge >= 0.3 is 0 Å². The molecule has 124 valence electrons. The number of likely N-dealkylation sites (tertiary alicyclic amines) is 1. The van der Waals surface area contributed by atoms with E-state index in [1.165, 1.54) is 6.42 Å². The first-order valence-electron chi connectivity index (χ1n) is 8.60. The van der Waals surface area contributed by atoms with Crippen LogP contribution in [0.3, 0.4) is 0 Å². The van der Waals surface area contributed by atoms with Crippen molar-refractivity contribution in [3.8, 4) is 0 Å². The average molecular weight is 297 g/mol. The smallest absolute Gasteiger partial charge is 0.0830 e. The predicted molar refractivity (Wildman–Crippen MR) is 88.5 cm³/mol. The van der Waals surface area contributed by atoms with Crippen LogP contribution in [0.25, 0.3) is 0 Å². The summed E-state index contributed by atoms with van der Waals surface area (Å²) in [6.07, 6.45) is 2.27. The molecule has 0 aromatic rings. The Morgan fingerprint density at radius 3 is 2.24 bits per heavy atom. The highest BCUT2D eigenvalue weighted by molar-refractivity contribution is 5.14. The molecule has 0 aromatic heterocycles. The fourth-order valence-electron chi connectivity index (χ4n) is 4.85. The zero-order chi connectivity index (χ0) is 15.9. The lowest BCUT2D eigenvalue weighted by atomic mass is 9.77. The third kappa shape index (κ3) is 2.88. The summed E-state index contributed by atoms with van der Waals surface area (Å²) in [4.78, 5) is 5.21. The Balaban J connectivity index is 2.20. The molecule has 2 saturated heterocycles. The van der Waals surface area contributed by atoms with Gasteiger partial charge in [0.05, 0.1) is 16.7 Å². The van der Waals surface area contributed by atoms with Crippen molar-refractivity contribution in [2.75, 3.05) is 32.7 Å². The number of nitrogens with zero attached hydrogens (tertiary/aromatic N) is 2. The van der Waals surface area contributed by atoms with Gasteiger partial charge in [-0.15, -0.1) is 0 Å². The number of likely N-dealkylation sites (N-methyl/N-ethyl adjacent to an activating group) is 1. The van der Waals surface area contributed by atoms with Crippen LogP contribution in [-0.2, 0) is 4.74 Å². The molecule has 0 radical (unpaired) electrons. The van der Waals surface area contributed by atoms with Gasteiger partial charge in [-0.3, -0.25) is 9.80 Å². The van der Waals surface area contributed by atoms with Crippen LogP contribution in [0.2, 0.25) is 0 Å². The van der Waals surface area contributed by atoms with Crippen LogP contribution >= 0.6 is 0 Å². The van der Waals surface area contributed by atoms with Gasteiger partial charge in [0.2, 0.25) is 0 Å². The molecular formula is C17H35N3O. The molecule has 2 heterocycles. The van der Waals surface area contributed by atoms with Gasteiger partial charge in [0.15, 0.2) is 0 Å². The highest BCUT2D eigenvalue weighted by atomic mass is 16.5. The van der Waals surface area contributed by atoms with Crippen molar-refractivity contribution in [3.05, 3.63) is 0 Å². The van der Waals surface area contributed by atoms with E-state index in [-0.39, 0.29) is 16.7 Å². The Kier molecular flexibility index (Phi) is 4.75. The Morgan fingerprint density at radius 2 is 1.81 bits per heavy atom. The second-order valence-corrected chi connectivity index (χ2v) is 7.89. The monoisotopic (exact) mass is 297 g/mol. The van der Waals surface area contributed by atoms with Crippen LogP contribution in [0, 0.1) is 0 Å². The molecule has 0 aromatic carbocycles. The Labute approximate surface area is 131 Å². The fraction of sp³-hybridized carbons (Fsp3) is 1.00. The molecule has 2 aliphatic rings. The molecule has 2 atom stereocenters. The SMILES string of the molecule is CCN(CC)C1CCN(C2(CN)CC(C)(C)OC2(C)C)C1. The molecule has 0 aliphatic carbocycles. The van der Waals surface area contributed by atoms with Crippen molar-refractivity contribution in [1.29, 1.82) is 0 Å². The molecule has 2 N–H and O–H groups in total. The topological polar surface area (TPSA) is 41.7 Å². The zero-order valence-corrected chi connectivity index (χ0v) is 14.9. The average Bonchev–Trinajstić information content (AvgIpc) is 2.92. The number of nitrogens with two attached hydrogens (primary N) is 1. The Hall–Kier alpha value is -0.160. The summed E-state index contributed by atoms with van der Waals surface area (Å²) in [5.41, 5.74) is 5.99. The quantitative estimate of drug-likeness (QED) is 0.843. The molecule has 2 unspecified atom stereocenters. The van der Waals surface area contributed by atoms with E-state index in [1.54, 1.807) is 0 Å². The first kappa shape index (κ1) is 17.2. The highest BCUT2D eigenvalue weighted by Gasteiger charge is 2.60. The standard InChI is InChI=1S/C17H35N3O/c1-7-19(8-2)14-9-10-20(11-14)17(13-18)12-15(3,4)21-16(17,5)6/h14H,7-13,18H2,1-6H3. The van der Waals surface area contributed by atoms with Gasteiger partial charge < -0.3 is 10.5 Å². The highest BCUT2D eigenvalue weighted by Crippen LogP contribution is 2.49. The number of hydrogen-bond acceptors (Lipinski definition) is 4. The van der Waals surface area contributed by atoms with Crippen LogP contribution in [0.15, 0.2) is 0 Å². The van der Waals surface area contributed by atoms with Crippen molar-refractivity contribution in [2.24, 2.45) is 5.73 Å². The minimum Gasteiger partial charge on any atom is -0.368 e. The minimum absolute atomic E-state index is 0.0294. The summed E-state index contributed by atoms with van der Waals surface area (Å²) in [7, 11) is 0. The van der Waals surface area contributed by atoms with Gasteiger partial charge in [-0.25, -0.2) is 0 Å². The maximum absolute atomic E-state index is 6.37. The van der Waals surface area contributed by atoms with Crippen molar-refractivity contribution >= 4 is 0 Å². The molecule has 2 aliphatic heterocycles. The zero-order valence-electron chi connectivity index (χ0n) is 14.9. The molecule has 4 heteroatoms. The van der Waals surface area contributed by atoms with E-state index in [0.29, 0.717) is 12.6 Å². The fourth-order valence-corrected chi connectivity index (χ4v) is 4.85. The van der Waals surface area contributed by atoms with E-state index in [9.17, 15) is 0 Å².